The predicted octanol–water partition coefficient (Wildman–Crippen LogP) is 2.44. The zero-order valence-electron chi connectivity index (χ0n) is 16.2. The number of esters is 1. The van der Waals surface area contributed by atoms with Crippen LogP contribution in [-0.4, -0.2) is 26.3 Å². The first kappa shape index (κ1) is 22.3. The van der Waals surface area contributed by atoms with Gasteiger partial charge in [-0.25, -0.2) is 8.42 Å². The lowest BCUT2D eigenvalue weighted by Gasteiger charge is -2.20. The van der Waals surface area contributed by atoms with Crippen LogP contribution in [-0.2, 0) is 26.2 Å². The SMILES string of the molecule is CC(C)[C@H](NS(=O)(=O)/C=C/c1ccccc1)C(=O)OCc1ccc(C(N)=O)cc1. The number of nitrogens with one attached hydrogen (secondary N) is 1. The fourth-order valence-corrected chi connectivity index (χ4v) is 3.55. The van der Waals surface area contributed by atoms with Gasteiger partial charge in [-0.2, -0.15) is 4.72 Å². The summed E-state index contributed by atoms with van der Waals surface area (Å²) in [6.45, 7) is 3.39. The molecule has 3 N–H and O–H groups in total. The monoisotopic (exact) mass is 416 g/mol. The first-order chi connectivity index (χ1) is 13.7. The Balaban J connectivity index is 2.01. The molecule has 1 atom stereocenters. The summed E-state index contributed by atoms with van der Waals surface area (Å²) in [7, 11) is -3.85. The van der Waals surface area contributed by atoms with Gasteiger partial charge < -0.3 is 10.5 Å². The maximum Gasteiger partial charge on any atom is 0.324 e. The van der Waals surface area contributed by atoms with Crippen molar-refractivity contribution in [1.82, 2.24) is 4.72 Å². The number of hydrogen-bond acceptors (Lipinski definition) is 5. The highest BCUT2D eigenvalue weighted by molar-refractivity contribution is 7.92. The molecule has 0 aromatic heterocycles. The normalized spacial score (nSPS) is 12.8. The minimum Gasteiger partial charge on any atom is -0.460 e. The lowest BCUT2D eigenvalue weighted by molar-refractivity contribution is -0.148. The van der Waals surface area contributed by atoms with E-state index >= 15 is 0 Å². The molecular weight excluding hydrogens is 392 g/mol. The predicted molar refractivity (Wildman–Crippen MR) is 111 cm³/mol. The van der Waals surface area contributed by atoms with Gasteiger partial charge in [-0.05, 0) is 35.3 Å². The van der Waals surface area contributed by atoms with E-state index < -0.39 is 27.9 Å². The summed E-state index contributed by atoms with van der Waals surface area (Å²) in [6.07, 6.45) is 1.45. The van der Waals surface area contributed by atoms with Gasteiger partial charge in [-0.1, -0.05) is 56.3 Å². The number of carbonyl (C=O) groups excluding carboxylic acids is 2. The standard InChI is InChI=1S/C21H24N2O5S/c1-15(2)19(23-29(26,27)13-12-16-6-4-3-5-7-16)21(25)28-14-17-8-10-18(11-9-17)20(22)24/h3-13,15,19,23H,14H2,1-2H3,(H2,22,24)/b13-12+/t19-/m0/s1. The number of sulfonamides is 1. The highest BCUT2D eigenvalue weighted by atomic mass is 32.2. The van der Waals surface area contributed by atoms with Gasteiger partial charge in [-0.3, -0.25) is 9.59 Å². The molecule has 154 valence electrons. The van der Waals surface area contributed by atoms with E-state index in [1.165, 1.54) is 18.2 Å². The number of rotatable bonds is 9. The molecule has 0 bridgehead atoms. The summed E-state index contributed by atoms with van der Waals surface area (Å²) < 4.78 is 32.3. The van der Waals surface area contributed by atoms with Gasteiger partial charge in [0.2, 0.25) is 15.9 Å². The van der Waals surface area contributed by atoms with Crippen molar-refractivity contribution < 1.29 is 22.7 Å². The van der Waals surface area contributed by atoms with Gasteiger partial charge in [0.1, 0.15) is 12.6 Å². The van der Waals surface area contributed by atoms with Crippen LogP contribution in [0.2, 0.25) is 0 Å². The molecule has 0 aliphatic rings. The second kappa shape index (κ2) is 9.99. The number of ether oxygens (including phenoxy) is 1. The lowest BCUT2D eigenvalue weighted by atomic mass is 10.1. The van der Waals surface area contributed by atoms with Crippen molar-refractivity contribution >= 4 is 28.0 Å². The smallest absolute Gasteiger partial charge is 0.324 e. The number of nitrogens with two attached hydrogens (primary N) is 1. The van der Waals surface area contributed by atoms with Crippen molar-refractivity contribution in [2.75, 3.05) is 0 Å². The zero-order chi connectivity index (χ0) is 21.4. The summed E-state index contributed by atoms with van der Waals surface area (Å²) in [6, 6.07) is 14.2. The van der Waals surface area contributed by atoms with Gasteiger partial charge >= 0.3 is 5.97 Å². The Morgan fingerprint density at radius 1 is 1.07 bits per heavy atom. The van der Waals surface area contributed by atoms with Crippen molar-refractivity contribution in [2.45, 2.75) is 26.5 Å². The third-order valence-electron chi connectivity index (χ3n) is 4.07. The summed E-state index contributed by atoms with van der Waals surface area (Å²) in [5, 5.41) is 1.02. The summed E-state index contributed by atoms with van der Waals surface area (Å²) in [5.74, 6) is -1.55. The lowest BCUT2D eigenvalue weighted by Crippen LogP contribution is -2.44. The van der Waals surface area contributed by atoms with Crippen LogP contribution in [0, 0.1) is 5.92 Å². The maximum atomic E-state index is 12.4. The zero-order valence-corrected chi connectivity index (χ0v) is 17.1. The van der Waals surface area contributed by atoms with Gasteiger partial charge in [0.15, 0.2) is 0 Å². The molecule has 0 heterocycles. The van der Waals surface area contributed by atoms with Crippen molar-refractivity contribution in [3.05, 3.63) is 76.7 Å². The molecule has 0 aliphatic heterocycles. The Morgan fingerprint density at radius 2 is 1.69 bits per heavy atom. The molecule has 0 saturated carbocycles. The quantitative estimate of drug-likeness (QED) is 0.609. The van der Waals surface area contributed by atoms with Gasteiger partial charge in [0.05, 0.1) is 0 Å². The van der Waals surface area contributed by atoms with Crippen LogP contribution in [0.25, 0.3) is 6.08 Å². The van der Waals surface area contributed by atoms with Crippen molar-refractivity contribution in [3.8, 4) is 0 Å². The first-order valence-corrected chi connectivity index (χ1v) is 10.5. The highest BCUT2D eigenvalue weighted by Crippen LogP contribution is 2.11. The van der Waals surface area contributed by atoms with Crippen molar-refractivity contribution in [3.63, 3.8) is 0 Å². The summed E-state index contributed by atoms with van der Waals surface area (Å²) in [4.78, 5) is 23.5. The number of amides is 1. The summed E-state index contributed by atoms with van der Waals surface area (Å²) in [5.41, 5.74) is 6.90. The molecule has 29 heavy (non-hydrogen) atoms. The molecule has 2 aromatic carbocycles. The Hall–Kier alpha value is -2.97. The number of benzene rings is 2. The number of primary amides is 1. The molecule has 8 heteroatoms. The molecule has 2 aromatic rings. The third-order valence-corrected chi connectivity index (χ3v) is 5.15. The molecule has 0 spiro atoms. The topological polar surface area (TPSA) is 116 Å². The van der Waals surface area contributed by atoms with E-state index in [1.807, 2.05) is 6.07 Å². The van der Waals surface area contributed by atoms with Crippen LogP contribution in [0.5, 0.6) is 0 Å². The molecule has 0 saturated heterocycles. The molecule has 0 aliphatic carbocycles. The van der Waals surface area contributed by atoms with Crippen molar-refractivity contribution in [1.29, 1.82) is 0 Å². The van der Waals surface area contributed by atoms with E-state index in [2.05, 4.69) is 4.72 Å². The number of carbonyl (C=O) groups is 2. The Morgan fingerprint density at radius 3 is 2.24 bits per heavy atom. The van der Waals surface area contributed by atoms with Gasteiger partial charge in [-0.15, -0.1) is 0 Å². The first-order valence-electron chi connectivity index (χ1n) is 8.99. The van der Waals surface area contributed by atoms with Gasteiger partial charge in [0, 0.05) is 11.0 Å². The average molecular weight is 416 g/mol. The van der Waals surface area contributed by atoms with Crippen LogP contribution >= 0.6 is 0 Å². The third kappa shape index (κ3) is 7.17. The highest BCUT2D eigenvalue weighted by Gasteiger charge is 2.27. The van der Waals surface area contributed by atoms with E-state index in [-0.39, 0.29) is 12.5 Å². The van der Waals surface area contributed by atoms with E-state index in [0.29, 0.717) is 11.1 Å². The second-order valence-electron chi connectivity index (χ2n) is 6.77. The molecule has 7 nitrogen and oxygen atoms in total. The van der Waals surface area contributed by atoms with Crippen LogP contribution in [0.3, 0.4) is 0 Å². The van der Waals surface area contributed by atoms with Gasteiger partial charge in [0.25, 0.3) is 0 Å². The van der Waals surface area contributed by atoms with E-state index in [9.17, 15) is 18.0 Å². The minimum absolute atomic E-state index is 0.0529. The average Bonchev–Trinajstić information content (AvgIpc) is 2.70. The molecule has 0 unspecified atom stereocenters. The Kier molecular flexibility index (Phi) is 7.69. The van der Waals surface area contributed by atoms with Crippen LogP contribution < -0.4 is 10.5 Å². The van der Waals surface area contributed by atoms with Crippen LogP contribution in [0.4, 0.5) is 0 Å². The van der Waals surface area contributed by atoms with Crippen molar-refractivity contribution in [2.24, 2.45) is 11.7 Å². The number of hydrogen-bond donors (Lipinski definition) is 2. The maximum absolute atomic E-state index is 12.4. The molecule has 0 fully saturated rings. The van der Waals surface area contributed by atoms with E-state index in [1.54, 1.807) is 50.2 Å². The van der Waals surface area contributed by atoms with Crippen LogP contribution in [0.1, 0.15) is 35.3 Å². The Labute approximate surface area is 170 Å². The minimum atomic E-state index is -3.85. The van der Waals surface area contributed by atoms with E-state index in [4.69, 9.17) is 10.5 Å². The fraction of sp³-hybridized carbons (Fsp3) is 0.238. The summed E-state index contributed by atoms with van der Waals surface area (Å²) >= 11 is 0. The molecular formula is C21H24N2O5S. The second-order valence-corrected chi connectivity index (χ2v) is 8.36. The van der Waals surface area contributed by atoms with E-state index in [0.717, 1.165) is 11.0 Å². The Bertz CT molecular complexity index is 968. The molecule has 1 amide bonds. The molecule has 0 radical (unpaired) electrons. The van der Waals surface area contributed by atoms with Crippen LogP contribution in [0.15, 0.2) is 60.0 Å². The largest absolute Gasteiger partial charge is 0.460 e. The molecule has 2 rings (SSSR count). The fourth-order valence-electron chi connectivity index (χ4n) is 2.41.